The van der Waals surface area contributed by atoms with Gasteiger partial charge in [-0.05, 0) is 19.8 Å². The van der Waals surface area contributed by atoms with Gasteiger partial charge in [-0.2, -0.15) is 0 Å². The number of hydrogen-bond acceptors (Lipinski definition) is 0. The molecule has 0 amide bonds. The molecule has 0 radical (unpaired) electrons. The number of unbranched alkanes of at least 4 members (excludes halogenated alkanes) is 4. The van der Waals surface area contributed by atoms with Crippen LogP contribution in [-0.4, -0.2) is 0 Å². The second-order valence-corrected chi connectivity index (χ2v) is 2.42. The highest BCUT2D eigenvalue weighted by molar-refractivity contribution is 4.75. The molecule has 0 rings (SSSR count). The van der Waals surface area contributed by atoms with Gasteiger partial charge < -0.3 is 0 Å². The van der Waals surface area contributed by atoms with E-state index in [1.54, 1.807) is 0 Å². The third-order valence-electron chi connectivity index (χ3n) is 1.46. The molecule has 0 bridgehead atoms. The minimum atomic E-state index is 1.27. The summed E-state index contributed by atoms with van der Waals surface area (Å²) in [7, 11) is 0. The van der Waals surface area contributed by atoms with Gasteiger partial charge in [-0.1, -0.05) is 38.3 Å². The van der Waals surface area contributed by atoms with Crippen molar-refractivity contribution in [3.05, 3.63) is 12.2 Å². The van der Waals surface area contributed by atoms with E-state index in [0.29, 0.717) is 0 Å². The third-order valence-corrected chi connectivity index (χ3v) is 1.46. The fourth-order valence-electron chi connectivity index (χ4n) is 0.856. The van der Waals surface area contributed by atoms with E-state index < -0.39 is 0 Å². The molecule has 0 aromatic carbocycles. The molecule has 0 N–H and O–H groups in total. The lowest BCUT2D eigenvalue weighted by molar-refractivity contribution is 0.674. The maximum absolute atomic E-state index is 2.25. The first-order valence-corrected chi connectivity index (χ1v) is 4.03. The minimum Gasteiger partial charge on any atom is -0.0917 e. The van der Waals surface area contributed by atoms with Crippen LogP contribution in [0.4, 0.5) is 0 Å². The highest BCUT2D eigenvalue weighted by Gasteiger charge is 1.82. The van der Waals surface area contributed by atoms with Crippen LogP contribution in [0.1, 0.15) is 46.0 Å². The normalized spacial score (nSPS) is 10.9. The molecule has 0 aromatic heterocycles. The van der Waals surface area contributed by atoms with Crippen molar-refractivity contribution >= 4 is 0 Å². The van der Waals surface area contributed by atoms with Crippen molar-refractivity contribution in [1.82, 2.24) is 0 Å². The Bertz CT molecular complexity index is 62.4. The Labute approximate surface area is 59.0 Å². The van der Waals surface area contributed by atoms with Crippen LogP contribution < -0.4 is 0 Å². The maximum Gasteiger partial charge on any atom is -0.0351 e. The predicted molar refractivity (Wildman–Crippen MR) is 43.6 cm³/mol. The number of allylic oxidation sites excluding steroid dienone is 2. The SMILES string of the molecule is CC=CCCCCCC. The lowest BCUT2D eigenvalue weighted by Crippen LogP contribution is -1.72. The highest BCUT2D eigenvalue weighted by Crippen LogP contribution is 2.02. The van der Waals surface area contributed by atoms with Crippen molar-refractivity contribution in [3.8, 4) is 0 Å². The molecule has 0 atom stereocenters. The van der Waals surface area contributed by atoms with Gasteiger partial charge in [0.05, 0.1) is 0 Å². The van der Waals surface area contributed by atoms with E-state index in [2.05, 4.69) is 26.0 Å². The second kappa shape index (κ2) is 7.74. The van der Waals surface area contributed by atoms with Gasteiger partial charge >= 0.3 is 0 Å². The van der Waals surface area contributed by atoms with E-state index >= 15 is 0 Å². The van der Waals surface area contributed by atoms with Crippen LogP contribution in [0.3, 0.4) is 0 Å². The molecule has 0 spiro atoms. The largest absolute Gasteiger partial charge is 0.0917 e. The summed E-state index contributed by atoms with van der Waals surface area (Å²) < 4.78 is 0. The van der Waals surface area contributed by atoms with Crippen LogP contribution in [0.25, 0.3) is 0 Å². The van der Waals surface area contributed by atoms with E-state index in [-0.39, 0.29) is 0 Å². The van der Waals surface area contributed by atoms with E-state index in [1.807, 2.05) is 0 Å². The lowest BCUT2D eigenvalue weighted by Gasteiger charge is -1.92. The maximum atomic E-state index is 2.25. The minimum absolute atomic E-state index is 1.27. The molecule has 0 nitrogen and oxygen atoms in total. The molecule has 0 aliphatic rings. The molecular formula is C9H18. The Morgan fingerprint density at radius 2 is 1.89 bits per heavy atom. The molecule has 9 heavy (non-hydrogen) atoms. The summed E-state index contributed by atoms with van der Waals surface area (Å²) >= 11 is 0. The first kappa shape index (κ1) is 8.74. The standard InChI is InChI=1S/C9H18/c1-3-5-7-9-8-6-4-2/h3,5H,4,6-9H2,1-2H3. The molecule has 0 heterocycles. The second-order valence-electron chi connectivity index (χ2n) is 2.42. The van der Waals surface area contributed by atoms with Crippen LogP contribution in [0, 0.1) is 0 Å². The van der Waals surface area contributed by atoms with Crippen molar-refractivity contribution in [3.63, 3.8) is 0 Å². The van der Waals surface area contributed by atoms with Crippen LogP contribution in [-0.2, 0) is 0 Å². The summed E-state index contributed by atoms with van der Waals surface area (Å²) in [6.07, 6.45) is 11.2. The summed E-state index contributed by atoms with van der Waals surface area (Å²) in [6, 6.07) is 0. The van der Waals surface area contributed by atoms with E-state index in [0.717, 1.165) is 0 Å². The molecule has 0 saturated carbocycles. The van der Waals surface area contributed by atoms with Gasteiger partial charge in [0.2, 0.25) is 0 Å². The predicted octanol–water partition coefficient (Wildman–Crippen LogP) is 3.53. The van der Waals surface area contributed by atoms with Gasteiger partial charge in [0.1, 0.15) is 0 Å². The molecule has 0 aromatic rings. The Balaban J connectivity index is 2.75. The molecule has 0 saturated heterocycles. The molecule has 0 heteroatoms. The molecule has 0 aliphatic heterocycles. The number of hydrogen-bond donors (Lipinski definition) is 0. The van der Waals surface area contributed by atoms with E-state index in [1.165, 1.54) is 32.1 Å². The quantitative estimate of drug-likeness (QED) is 0.390. The average Bonchev–Trinajstić information content (AvgIpc) is 1.89. The first-order valence-electron chi connectivity index (χ1n) is 4.03. The number of rotatable bonds is 5. The van der Waals surface area contributed by atoms with Gasteiger partial charge in [-0.15, -0.1) is 0 Å². The summed E-state index contributed by atoms with van der Waals surface area (Å²) in [4.78, 5) is 0. The average molecular weight is 126 g/mol. The van der Waals surface area contributed by atoms with Crippen LogP contribution >= 0.6 is 0 Å². The zero-order valence-corrected chi connectivity index (χ0v) is 6.69. The van der Waals surface area contributed by atoms with Gasteiger partial charge in [-0.3, -0.25) is 0 Å². The van der Waals surface area contributed by atoms with Crippen molar-refractivity contribution in [2.45, 2.75) is 46.0 Å². The Morgan fingerprint density at radius 1 is 1.11 bits per heavy atom. The van der Waals surface area contributed by atoms with Crippen molar-refractivity contribution in [2.24, 2.45) is 0 Å². The smallest absolute Gasteiger partial charge is 0.0351 e. The lowest BCUT2D eigenvalue weighted by atomic mass is 10.1. The Kier molecular flexibility index (Phi) is 7.52. The molecule has 0 fully saturated rings. The topological polar surface area (TPSA) is 0 Å². The molecular weight excluding hydrogens is 108 g/mol. The monoisotopic (exact) mass is 126 g/mol. The summed E-state index contributed by atoms with van der Waals surface area (Å²) in [6.45, 7) is 4.33. The Morgan fingerprint density at radius 3 is 2.44 bits per heavy atom. The summed E-state index contributed by atoms with van der Waals surface area (Å²) in [5.74, 6) is 0. The van der Waals surface area contributed by atoms with Gasteiger partial charge in [0, 0.05) is 0 Å². The zero-order chi connectivity index (χ0) is 6.95. The fourth-order valence-corrected chi connectivity index (χ4v) is 0.856. The zero-order valence-electron chi connectivity index (χ0n) is 6.69. The molecule has 0 aliphatic carbocycles. The third kappa shape index (κ3) is 7.74. The Hall–Kier alpha value is -0.260. The summed E-state index contributed by atoms with van der Waals surface area (Å²) in [5.41, 5.74) is 0. The molecule has 0 unspecified atom stereocenters. The van der Waals surface area contributed by atoms with Crippen LogP contribution in [0.15, 0.2) is 12.2 Å². The van der Waals surface area contributed by atoms with Crippen LogP contribution in [0.5, 0.6) is 0 Å². The van der Waals surface area contributed by atoms with Gasteiger partial charge in [0.15, 0.2) is 0 Å². The fraction of sp³-hybridized carbons (Fsp3) is 0.778. The molecule has 54 valence electrons. The van der Waals surface area contributed by atoms with E-state index in [9.17, 15) is 0 Å². The summed E-state index contributed by atoms with van der Waals surface area (Å²) in [5, 5.41) is 0. The van der Waals surface area contributed by atoms with Gasteiger partial charge in [-0.25, -0.2) is 0 Å². The highest BCUT2D eigenvalue weighted by atomic mass is 13.9. The van der Waals surface area contributed by atoms with Crippen LogP contribution in [0.2, 0.25) is 0 Å². The first-order chi connectivity index (χ1) is 4.41. The van der Waals surface area contributed by atoms with Crippen molar-refractivity contribution in [1.29, 1.82) is 0 Å². The van der Waals surface area contributed by atoms with Gasteiger partial charge in [0.25, 0.3) is 0 Å². The van der Waals surface area contributed by atoms with E-state index in [4.69, 9.17) is 0 Å². The van der Waals surface area contributed by atoms with Crippen molar-refractivity contribution in [2.75, 3.05) is 0 Å². The van der Waals surface area contributed by atoms with Crippen molar-refractivity contribution < 1.29 is 0 Å².